The fourth-order valence-electron chi connectivity index (χ4n) is 4.86. The molecule has 6 heterocycles. The zero-order chi connectivity index (χ0) is 30.5. The quantitative estimate of drug-likeness (QED) is 0.117. The van der Waals surface area contributed by atoms with Gasteiger partial charge in [-0.25, -0.2) is 39.0 Å². The highest BCUT2D eigenvalue weighted by Crippen LogP contribution is 2.62. The van der Waals surface area contributed by atoms with Crippen LogP contribution in [0.5, 0.6) is 0 Å². The average molecular weight is 644 g/mol. The molecule has 2 aliphatic rings. The second-order valence-electron chi connectivity index (χ2n) is 9.60. The van der Waals surface area contributed by atoms with E-state index in [4.69, 9.17) is 30.0 Å². The summed E-state index contributed by atoms with van der Waals surface area (Å²) in [4.78, 5) is 44.6. The molecule has 0 saturated carbocycles. The summed E-state index contributed by atoms with van der Waals surface area (Å²) in [5.41, 5.74) is 12.9. The van der Waals surface area contributed by atoms with E-state index < -0.39 is 65.7 Å². The average Bonchev–Trinajstić information content (AvgIpc) is 3.72. The Hall–Kier alpha value is -3.20. The Morgan fingerprint density at radius 3 is 2.00 bits per heavy atom. The molecule has 0 spiro atoms. The Kier molecular flexibility index (Phi) is 7.90. The van der Waals surface area contributed by atoms with E-state index in [-0.39, 0.29) is 24.5 Å². The lowest BCUT2D eigenvalue weighted by Gasteiger charge is -2.22. The topological polar surface area (TPSA) is 300 Å². The third kappa shape index (κ3) is 5.97. The molecule has 2 unspecified atom stereocenters. The van der Waals surface area contributed by atoms with Crippen molar-refractivity contribution in [3.8, 4) is 0 Å². The van der Waals surface area contributed by atoms with Gasteiger partial charge in [-0.1, -0.05) is 0 Å². The van der Waals surface area contributed by atoms with Gasteiger partial charge in [0.1, 0.15) is 54.5 Å². The Labute approximate surface area is 240 Å². The molecule has 232 valence electrons. The number of nitrogens with zero attached hydrogens (tertiary/aromatic N) is 8. The van der Waals surface area contributed by atoms with Gasteiger partial charge in [0.25, 0.3) is 0 Å². The predicted octanol–water partition coefficient (Wildman–Crippen LogP) is -0.622. The van der Waals surface area contributed by atoms with Crippen LogP contribution < -0.4 is 11.5 Å². The highest BCUT2D eigenvalue weighted by Gasteiger charge is 2.45. The number of aliphatic hydroxyl groups excluding tert-OH is 2. The molecule has 2 fully saturated rings. The van der Waals surface area contributed by atoms with Crippen molar-refractivity contribution in [2.45, 2.75) is 49.7 Å². The Balaban J connectivity index is 1.07. The number of nitrogen functional groups attached to an aromatic ring is 2. The molecule has 0 aliphatic carbocycles. The molecule has 2 saturated heterocycles. The molecule has 0 amide bonds. The SMILES string of the molecule is Nc1ncnc2c1ncn2[C@H]1C[C@H](OP(=O)(O)OP(=O)(O)OC[C@H]2O[C@@H](n3cnc4c(N)ncnc43)C[C@@H]2O)[C@@H](CO)O1. The second-order valence-corrected chi connectivity index (χ2v) is 12.6. The summed E-state index contributed by atoms with van der Waals surface area (Å²) in [7, 11) is -10.5. The molecule has 21 nitrogen and oxygen atoms in total. The van der Waals surface area contributed by atoms with E-state index >= 15 is 0 Å². The number of hydrogen-bond donors (Lipinski definition) is 6. The van der Waals surface area contributed by atoms with Gasteiger partial charge in [-0.3, -0.25) is 18.2 Å². The zero-order valence-corrected chi connectivity index (χ0v) is 23.7. The van der Waals surface area contributed by atoms with Crippen molar-refractivity contribution in [3.05, 3.63) is 25.3 Å². The number of nitrogens with two attached hydrogens (primary N) is 2. The first-order chi connectivity index (χ1) is 20.4. The molecule has 0 bridgehead atoms. The number of imidazole rings is 2. The van der Waals surface area contributed by atoms with E-state index in [0.29, 0.717) is 22.3 Å². The molecule has 0 aromatic carbocycles. The fraction of sp³-hybridized carbons (Fsp3) is 0.500. The number of aliphatic hydroxyl groups is 2. The predicted molar refractivity (Wildman–Crippen MR) is 141 cm³/mol. The van der Waals surface area contributed by atoms with Gasteiger partial charge in [0.05, 0.1) is 32.0 Å². The largest absolute Gasteiger partial charge is 0.481 e. The lowest BCUT2D eigenvalue weighted by molar-refractivity contribution is -0.0459. The van der Waals surface area contributed by atoms with Crippen LogP contribution in [-0.2, 0) is 32.0 Å². The second kappa shape index (κ2) is 11.4. The third-order valence-electron chi connectivity index (χ3n) is 6.84. The first kappa shape index (κ1) is 29.9. The molecular weight excluding hydrogens is 618 g/mol. The number of phosphoric ester groups is 2. The van der Waals surface area contributed by atoms with E-state index in [1.807, 2.05) is 0 Å². The van der Waals surface area contributed by atoms with E-state index in [0.717, 1.165) is 0 Å². The van der Waals surface area contributed by atoms with Crippen LogP contribution in [0.1, 0.15) is 25.3 Å². The molecular formula is C20H26N10O11P2. The monoisotopic (exact) mass is 644 g/mol. The van der Waals surface area contributed by atoms with Crippen molar-refractivity contribution in [2.24, 2.45) is 0 Å². The number of anilines is 2. The summed E-state index contributed by atoms with van der Waals surface area (Å²) >= 11 is 0. The van der Waals surface area contributed by atoms with Crippen LogP contribution in [0.3, 0.4) is 0 Å². The van der Waals surface area contributed by atoms with Crippen LogP contribution >= 0.6 is 15.6 Å². The summed E-state index contributed by atoms with van der Waals surface area (Å²) in [6.07, 6.45) is -1.15. The van der Waals surface area contributed by atoms with E-state index in [1.54, 1.807) is 0 Å². The van der Waals surface area contributed by atoms with Crippen molar-refractivity contribution in [1.29, 1.82) is 0 Å². The number of phosphoric acid groups is 2. The molecule has 0 radical (unpaired) electrons. The third-order valence-corrected chi connectivity index (χ3v) is 9.50. The minimum atomic E-state index is -5.27. The minimum Gasteiger partial charge on any atom is -0.394 e. The van der Waals surface area contributed by atoms with E-state index in [9.17, 15) is 29.1 Å². The first-order valence-corrected chi connectivity index (χ1v) is 15.6. The molecule has 6 rings (SSSR count). The van der Waals surface area contributed by atoms with Crippen molar-refractivity contribution >= 4 is 49.6 Å². The van der Waals surface area contributed by atoms with Gasteiger partial charge < -0.3 is 40.9 Å². The zero-order valence-electron chi connectivity index (χ0n) is 21.9. The van der Waals surface area contributed by atoms with Crippen LogP contribution in [0.2, 0.25) is 0 Å². The van der Waals surface area contributed by atoms with Crippen LogP contribution in [0.4, 0.5) is 11.6 Å². The first-order valence-electron chi connectivity index (χ1n) is 12.6. The maximum atomic E-state index is 12.7. The van der Waals surface area contributed by atoms with E-state index in [2.05, 4.69) is 34.2 Å². The van der Waals surface area contributed by atoms with Crippen LogP contribution in [-0.4, -0.2) is 96.7 Å². The maximum absolute atomic E-state index is 12.7. The number of hydrogen-bond acceptors (Lipinski definition) is 17. The normalized spacial score (nSPS) is 28.8. The Morgan fingerprint density at radius 2 is 1.42 bits per heavy atom. The minimum absolute atomic E-state index is 0.0395. The van der Waals surface area contributed by atoms with Crippen molar-refractivity contribution in [3.63, 3.8) is 0 Å². The van der Waals surface area contributed by atoms with Crippen molar-refractivity contribution < 1.29 is 52.0 Å². The van der Waals surface area contributed by atoms with Crippen molar-refractivity contribution in [2.75, 3.05) is 24.7 Å². The molecule has 23 heteroatoms. The fourth-order valence-corrected chi connectivity index (χ4v) is 7.14. The molecule has 2 aliphatic heterocycles. The Bertz CT molecular complexity index is 1740. The molecule has 4 aromatic heterocycles. The van der Waals surface area contributed by atoms with Crippen LogP contribution in [0, 0.1) is 0 Å². The molecule has 8 N–H and O–H groups in total. The summed E-state index contributed by atoms with van der Waals surface area (Å²) in [5, 5.41) is 20.2. The number of aromatic nitrogens is 8. The molecule has 43 heavy (non-hydrogen) atoms. The lowest BCUT2D eigenvalue weighted by atomic mass is 10.2. The van der Waals surface area contributed by atoms with Gasteiger partial charge in [-0.2, -0.15) is 4.31 Å². The van der Waals surface area contributed by atoms with Gasteiger partial charge in [-0.15, -0.1) is 0 Å². The summed E-state index contributed by atoms with van der Waals surface area (Å²) < 4.78 is 54.1. The highest BCUT2D eigenvalue weighted by molar-refractivity contribution is 7.61. The van der Waals surface area contributed by atoms with Crippen LogP contribution in [0.25, 0.3) is 22.3 Å². The van der Waals surface area contributed by atoms with Crippen LogP contribution in [0.15, 0.2) is 25.3 Å². The lowest BCUT2D eigenvalue weighted by Crippen LogP contribution is -2.27. The van der Waals surface area contributed by atoms with Gasteiger partial charge in [0.15, 0.2) is 22.9 Å². The Morgan fingerprint density at radius 1 is 0.860 bits per heavy atom. The number of ether oxygens (including phenoxy) is 2. The van der Waals surface area contributed by atoms with Crippen molar-refractivity contribution in [1.82, 2.24) is 39.0 Å². The van der Waals surface area contributed by atoms with Gasteiger partial charge >= 0.3 is 15.6 Å². The smallest absolute Gasteiger partial charge is 0.394 e. The van der Waals surface area contributed by atoms with Gasteiger partial charge in [-0.05, 0) is 0 Å². The summed E-state index contributed by atoms with van der Waals surface area (Å²) in [6.45, 7) is -1.32. The molecule has 4 aromatic rings. The van der Waals surface area contributed by atoms with Gasteiger partial charge in [0.2, 0.25) is 0 Å². The summed E-state index contributed by atoms with van der Waals surface area (Å²) in [5.74, 6) is 0.275. The highest BCUT2D eigenvalue weighted by atomic mass is 31.3. The van der Waals surface area contributed by atoms with E-state index in [1.165, 1.54) is 34.4 Å². The molecule has 8 atom stereocenters. The maximum Gasteiger partial charge on any atom is 0.481 e. The van der Waals surface area contributed by atoms with Gasteiger partial charge in [0, 0.05) is 12.8 Å². The standard InChI is InChI=1S/C20H26N10O11P2/c21-17-15-19(25-5-23-17)29(7-27-15)13-1-9(32)12(39-13)4-37-42(33,34)41-43(35,36)40-10-2-14(38-11(10)3-31)30-8-28-16-18(22)24-6-26-20(16)30/h5-14,31-32H,1-4H2,(H,33,34)(H,35,36)(H2,21,23,25)(H2,22,24,26)/t9-,10-,11+,12+,13+,14+/m0/s1. The number of fused-ring (bicyclic) bond motifs is 2. The summed E-state index contributed by atoms with van der Waals surface area (Å²) in [6, 6.07) is 0. The number of rotatable bonds is 10.